The van der Waals surface area contributed by atoms with E-state index in [2.05, 4.69) is 0 Å². The molecule has 0 saturated carbocycles. The molecule has 23 heavy (non-hydrogen) atoms. The Bertz CT molecular complexity index is 872. The second kappa shape index (κ2) is 5.35. The summed E-state index contributed by atoms with van der Waals surface area (Å²) in [7, 11) is 3.00. The van der Waals surface area contributed by atoms with Crippen LogP contribution in [0.2, 0.25) is 0 Å². The zero-order valence-electron chi connectivity index (χ0n) is 13.0. The smallest absolute Gasteiger partial charge is 0.230 e. The molecule has 116 valence electrons. The lowest BCUT2D eigenvalue weighted by molar-refractivity contribution is 0.0909. The van der Waals surface area contributed by atoms with Gasteiger partial charge in [0.2, 0.25) is 11.6 Å². The van der Waals surface area contributed by atoms with Crippen LogP contribution in [0.1, 0.15) is 42.5 Å². The van der Waals surface area contributed by atoms with Crippen LogP contribution in [-0.4, -0.2) is 29.0 Å². The number of hydrogen-bond acceptors (Lipinski definition) is 4. The van der Waals surface area contributed by atoms with E-state index < -0.39 is 5.78 Å². The Kier molecular flexibility index (Phi) is 3.48. The number of benzene rings is 1. The van der Waals surface area contributed by atoms with E-state index in [1.54, 1.807) is 42.8 Å². The van der Waals surface area contributed by atoms with Crippen LogP contribution < -0.4 is 0 Å². The van der Waals surface area contributed by atoms with Gasteiger partial charge in [0.05, 0.1) is 18.2 Å². The molecule has 0 saturated heterocycles. The summed E-state index contributed by atoms with van der Waals surface area (Å²) in [4.78, 5) is 37.8. The zero-order chi connectivity index (χ0) is 16.7. The Labute approximate surface area is 133 Å². The van der Waals surface area contributed by atoms with E-state index in [-0.39, 0.29) is 34.1 Å². The van der Waals surface area contributed by atoms with Gasteiger partial charge in [-0.05, 0) is 6.92 Å². The summed E-state index contributed by atoms with van der Waals surface area (Å²) in [6, 6.07) is 8.69. The zero-order valence-corrected chi connectivity index (χ0v) is 13.0. The van der Waals surface area contributed by atoms with Gasteiger partial charge in [-0.15, -0.1) is 0 Å². The van der Waals surface area contributed by atoms with E-state index in [1.165, 1.54) is 13.2 Å². The number of allylic oxidation sites excluding steroid dienone is 2. The molecule has 1 aromatic heterocycles. The molecule has 0 spiro atoms. The van der Waals surface area contributed by atoms with Crippen LogP contribution in [-0.2, 0) is 11.8 Å². The molecule has 0 fully saturated rings. The highest BCUT2D eigenvalue weighted by Crippen LogP contribution is 2.31. The van der Waals surface area contributed by atoms with E-state index in [0.29, 0.717) is 11.3 Å². The molecule has 1 aromatic carbocycles. The second-order valence-electron chi connectivity index (χ2n) is 5.34. The van der Waals surface area contributed by atoms with Gasteiger partial charge in [0.15, 0.2) is 11.5 Å². The summed E-state index contributed by atoms with van der Waals surface area (Å²) in [6.45, 7) is 1.72. The van der Waals surface area contributed by atoms with Crippen molar-refractivity contribution >= 4 is 17.3 Å². The maximum absolute atomic E-state index is 12.9. The number of Topliss-reactive ketones (excluding diaryl/α,β-unsaturated/α-hetero) is 1. The number of hydrogen-bond donors (Lipinski definition) is 0. The van der Waals surface area contributed by atoms with Crippen LogP contribution in [0, 0.1) is 6.92 Å². The highest BCUT2D eigenvalue weighted by molar-refractivity contribution is 6.28. The number of ether oxygens (including phenoxy) is 1. The van der Waals surface area contributed by atoms with Gasteiger partial charge in [0.1, 0.15) is 5.69 Å². The fourth-order valence-corrected chi connectivity index (χ4v) is 2.85. The first-order valence-electron chi connectivity index (χ1n) is 7.11. The maximum Gasteiger partial charge on any atom is 0.230 e. The van der Waals surface area contributed by atoms with Crippen LogP contribution in [0.15, 0.2) is 42.2 Å². The van der Waals surface area contributed by atoms with Gasteiger partial charge >= 0.3 is 0 Å². The first-order chi connectivity index (χ1) is 11.0. The summed E-state index contributed by atoms with van der Waals surface area (Å²) in [5.41, 5.74) is 1.67. The van der Waals surface area contributed by atoms with Crippen molar-refractivity contribution < 1.29 is 19.1 Å². The largest absolute Gasteiger partial charge is 0.492 e. The van der Waals surface area contributed by atoms with Crippen molar-refractivity contribution in [3.05, 3.63) is 70.2 Å². The molecule has 0 aliphatic heterocycles. The van der Waals surface area contributed by atoms with Crippen molar-refractivity contribution in [2.45, 2.75) is 6.92 Å². The first kappa shape index (κ1) is 15.0. The van der Waals surface area contributed by atoms with Gasteiger partial charge in [-0.2, -0.15) is 0 Å². The molecule has 0 unspecified atom stereocenters. The molecule has 1 aliphatic rings. The molecular formula is C18H15NO4. The SMILES string of the molecule is COC1=CC(=O)c2c(c(C(=O)c3ccccc3)c(C)n2C)C1=O. The Balaban J connectivity index is 2.26. The topological polar surface area (TPSA) is 65.4 Å². The summed E-state index contributed by atoms with van der Waals surface area (Å²) in [5.74, 6) is -1.10. The van der Waals surface area contributed by atoms with E-state index in [0.717, 1.165) is 0 Å². The average Bonchev–Trinajstić information content (AvgIpc) is 2.83. The van der Waals surface area contributed by atoms with Gasteiger partial charge in [0.25, 0.3) is 0 Å². The molecule has 0 radical (unpaired) electrons. The van der Waals surface area contributed by atoms with Crippen molar-refractivity contribution in [1.29, 1.82) is 0 Å². The van der Waals surface area contributed by atoms with Crippen molar-refractivity contribution in [2.75, 3.05) is 7.11 Å². The summed E-state index contributed by atoms with van der Waals surface area (Å²) < 4.78 is 6.58. The standard InChI is InChI=1S/C18H15NO4/c1-10-14(17(21)11-7-5-4-6-8-11)15-16(19(10)2)12(20)9-13(23-3)18(15)22/h4-9H,1-3H3. The summed E-state index contributed by atoms with van der Waals surface area (Å²) in [6.07, 6.45) is 1.17. The van der Waals surface area contributed by atoms with E-state index in [4.69, 9.17) is 4.74 Å². The fourth-order valence-electron chi connectivity index (χ4n) is 2.85. The predicted octanol–water partition coefficient (Wildman–Crippen LogP) is 2.47. The highest BCUT2D eigenvalue weighted by atomic mass is 16.5. The molecule has 0 amide bonds. The van der Waals surface area contributed by atoms with Crippen LogP contribution >= 0.6 is 0 Å². The Morgan fingerprint density at radius 2 is 1.78 bits per heavy atom. The molecule has 1 heterocycles. The monoisotopic (exact) mass is 309 g/mol. The highest BCUT2D eigenvalue weighted by Gasteiger charge is 2.36. The number of carbonyl (C=O) groups excluding carboxylic acids is 3. The number of methoxy groups -OCH3 is 1. The third-order valence-electron chi connectivity index (χ3n) is 4.12. The number of carbonyl (C=O) groups is 3. The number of ketones is 3. The average molecular weight is 309 g/mol. The Morgan fingerprint density at radius 3 is 2.39 bits per heavy atom. The van der Waals surface area contributed by atoms with E-state index in [9.17, 15) is 14.4 Å². The molecule has 5 nitrogen and oxygen atoms in total. The molecule has 3 rings (SSSR count). The Hall–Kier alpha value is -2.95. The molecule has 5 heteroatoms. The number of nitrogens with zero attached hydrogens (tertiary/aromatic N) is 1. The van der Waals surface area contributed by atoms with Crippen molar-refractivity contribution in [2.24, 2.45) is 7.05 Å². The van der Waals surface area contributed by atoms with Gasteiger partial charge in [-0.3, -0.25) is 14.4 Å². The second-order valence-corrected chi connectivity index (χ2v) is 5.34. The van der Waals surface area contributed by atoms with E-state index in [1.807, 2.05) is 6.07 Å². The minimum absolute atomic E-state index is 0.0461. The van der Waals surface area contributed by atoms with Gasteiger partial charge in [0, 0.05) is 24.4 Å². The minimum atomic E-state index is -0.440. The van der Waals surface area contributed by atoms with Crippen molar-refractivity contribution in [3.63, 3.8) is 0 Å². The number of aromatic nitrogens is 1. The van der Waals surface area contributed by atoms with Crippen LogP contribution in [0.5, 0.6) is 0 Å². The molecule has 0 bridgehead atoms. The quantitative estimate of drug-likeness (QED) is 0.817. The molecule has 0 atom stereocenters. The normalized spacial score (nSPS) is 13.6. The third kappa shape index (κ3) is 2.12. The third-order valence-corrected chi connectivity index (χ3v) is 4.12. The number of rotatable bonds is 3. The van der Waals surface area contributed by atoms with Crippen molar-refractivity contribution in [1.82, 2.24) is 4.57 Å². The van der Waals surface area contributed by atoms with Gasteiger partial charge < -0.3 is 9.30 Å². The first-order valence-corrected chi connectivity index (χ1v) is 7.11. The molecular weight excluding hydrogens is 294 g/mol. The van der Waals surface area contributed by atoms with Gasteiger partial charge in [-0.1, -0.05) is 30.3 Å². The lowest BCUT2D eigenvalue weighted by Gasteiger charge is -2.13. The molecule has 2 aromatic rings. The summed E-state index contributed by atoms with van der Waals surface area (Å²) in [5, 5.41) is 0. The predicted molar refractivity (Wildman–Crippen MR) is 83.8 cm³/mol. The van der Waals surface area contributed by atoms with Crippen LogP contribution in [0.4, 0.5) is 0 Å². The summed E-state index contributed by atoms with van der Waals surface area (Å²) >= 11 is 0. The van der Waals surface area contributed by atoms with Crippen LogP contribution in [0.25, 0.3) is 0 Å². The minimum Gasteiger partial charge on any atom is -0.492 e. The lowest BCUT2D eigenvalue weighted by Crippen LogP contribution is -2.21. The van der Waals surface area contributed by atoms with Crippen molar-refractivity contribution in [3.8, 4) is 0 Å². The Morgan fingerprint density at radius 1 is 1.13 bits per heavy atom. The number of fused-ring (bicyclic) bond motifs is 1. The van der Waals surface area contributed by atoms with Gasteiger partial charge in [-0.25, -0.2) is 0 Å². The molecule has 0 N–H and O–H groups in total. The van der Waals surface area contributed by atoms with Crippen LogP contribution in [0.3, 0.4) is 0 Å². The lowest BCUT2D eigenvalue weighted by atomic mass is 9.92. The fraction of sp³-hybridized carbons (Fsp3) is 0.167. The maximum atomic E-state index is 12.9. The van der Waals surface area contributed by atoms with E-state index >= 15 is 0 Å². The molecule has 1 aliphatic carbocycles.